The van der Waals surface area contributed by atoms with E-state index in [0.717, 1.165) is 10.0 Å². The molecule has 1 heterocycles. The van der Waals surface area contributed by atoms with Crippen molar-refractivity contribution in [2.75, 3.05) is 11.9 Å². The molecule has 1 aliphatic rings. The van der Waals surface area contributed by atoms with Gasteiger partial charge in [-0.15, -0.1) is 0 Å². The van der Waals surface area contributed by atoms with Gasteiger partial charge in [-0.3, -0.25) is 14.5 Å². The van der Waals surface area contributed by atoms with Crippen LogP contribution in [0.1, 0.15) is 12.0 Å². The quantitative estimate of drug-likeness (QED) is 0.534. The molecule has 7 heteroatoms. The van der Waals surface area contributed by atoms with Gasteiger partial charge in [0.05, 0.1) is 4.91 Å². The van der Waals surface area contributed by atoms with E-state index in [-0.39, 0.29) is 24.8 Å². The summed E-state index contributed by atoms with van der Waals surface area (Å²) in [5.41, 5.74) is 1.65. The molecule has 1 N–H and O–H groups in total. The Balaban J connectivity index is 1.59. The second kappa shape index (κ2) is 8.62. The number of halogens is 1. The lowest BCUT2D eigenvalue weighted by molar-refractivity contribution is -0.122. The molecule has 0 aromatic heterocycles. The summed E-state index contributed by atoms with van der Waals surface area (Å²) in [6.45, 7) is 0.261. The normalized spacial score (nSPS) is 15.6. The predicted octanol–water partition coefficient (Wildman–Crippen LogP) is 4.68. The number of carbonyl (C=O) groups excluding carboxylic acids is 2. The molecule has 132 valence electrons. The van der Waals surface area contributed by atoms with Crippen LogP contribution in [0.5, 0.6) is 0 Å². The SMILES string of the molecule is O=C(CCN1C(=O)/C(=C/c2ccccc2)SC1=S)Nc1cccc(Br)c1. The van der Waals surface area contributed by atoms with E-state index in [9.17, 15) is 9.59 Å². The zero-order valence-electron chi connectivity index (χ0n) is 13.6. The summed E-state index contributed by atoms with van der Waals surface area (Å²) in [6, 6.07) is 17.0. The third-order valence-corrected chi connectivity index (χ3v) is 5.51. The Labute approximate surface area is 169 Å². The number of nitrogens with one attached hydrogen (secondary N) is 1. The van der Waals surface area contributed by atoms with E-state index >= 15 is 0 Å². The fourth-order valence-corrected chi connectivity index (χ4v) is 4.10. The average Bonchev–Trinajstić information content (AvgIpc) is 2.87. The maximum Gasteiger partial charge on any atom is 0.266 e. The van der Waals surface area contributed by atoms with Crippen LogP contribution in [-0.4, -0.2) is 27.6 Å². The Hall–Kier alpha value is -1.96. The van der Waals surface area contributed by atoms with Crippen molar-refractivity contribution in [3.8, 4) is 0 Å². The minimum atomic E-state index is -0.163. The Morgan fingerprint density at radius 2 is 1.96 bits per heavy atom. The molecule has 0 aliphatic carbocycles. The molecule has 0 spiro atoms. The summed E-state index contributed by atoms with van der Waals surface area (Å²) < 4.78 is 1.37. The summed E-state index contributed by atoms with van der Waals surface area (Å²) in [4.78, 5) is 26.7. The first-order chi connectivity index (χ1) is 12.5. The molecule has 0 bridgehead atoms. The molecular weight excluding hydrogens is 432 g/mol. The Morgan fingerprint density at radius 3 is 2.69 bits per heavy atom. The van der Waals surface area contributed by atoms with Crippen molar-refractivity contribution in [2.45, 2.75) is 6.42 Å². The van der Waals surface area contributed by atoms with Crippen LogP contribution in [-0.2, 0) is 9.59 Å². The third kappa shape index (κ3) is 4.81. The number of carbonyl (C=O) groups is 2. The van der Waals surface area contributed by atoms with Crippen LogP contribution in [0, 0.1) is 0 Å². The highest BCUT2D eigenvalue weighted by Gasteiger charge is 2.32. The van der Waals surface area contributed by atoms with E-state index in [0.29, 0.717) is 14.9 Å². The number of thioether (sulfide) groups is 1. The van der Waals surface area contributed by atoms with Gasteiger partial charge in [-0.05, 0) is 29.8 Å². The molecule has 0 unspecified atom stereocenters. The minimum Gasteiger partial charge on any atom is -0.326 e. The van der Waals surface area contributed by atoms with Crippen LogP contribution < -0.4 is 5.32 Å². The van der Waals surface area contributed by atoms with E-state index in [1.165, 1.54) is 16.7 Å². The van der Waals surface area contributed by atoms with Crippen LogP contribution in [0.15, 0.2) is 64.0 Å². The molecule has 1 aliphatic heterocycles. The monoisotopic (exact) mass is 446 g/mol. The molecule has 1 saturated heterocycles. The van der Waals surface area contributed by atoms with E-state index in [4.69, 9.17) is 12.2 Å². The molecule has 2 amide bonds. The first kappa shape index (κ1) is 18.8. The second-order valence-electron chi connectivity index (χ2n) is 5.55. The van der Waals surface area contributed by atoms with Gasteiger partial charge in [-0.1, -0.05) is 76.3 Å². The number of rotatable bonds is 5. The lowest BCUT2D eigenvalue weighted by atomic mass is 10.2. The highest BCUT2D eigenvalue weighted by Crippen LogP contribution is 2.32. The van der Waals surface area contributed by atoms with Crippen LogP contribution in [0.2, 0.25) is 0 Å². The molecule has 0 saturated carbocycles. The van der Waals surface area contributed by atoms with Crippen LogP contribution in [0.25, 0.3) is 6.08 Å². The van der Waals surface area contributed by atoms with Crippen molar-refractivity contribution in [3.63, 3.8) is 0 Å². The molecule has 0 atom stereocenters. The maximum atomic E-state index is 12.5. The molecule has 3 rings (SSSR count). The van der Waals surface area contributed by atoms with Gasteiger partial charge in [0.1, 0.15) is 4.32 Å². The van der Waals surface area contributed by atoms with Crippen molar-refractivity contribution in [2.24, 2.45) is 0 Å². The molecule has 26 heavy (non-hydrogen) atoms. The van der Waals surface area contributed by atoms with Gasteiger partial charge in [0.15, 0.2) is 0 Å². The third-order valence-electron chi connectivity index (χ3n) is 3.64. The molecule has 4 nitrogen and oxygen atoms in total. The van der Waals surface area contributed by atoms with Gasteiger partial charge >= 0.3 is 0 Å². The summed E-state index contributed by atoms with van der Waals surface area (Å²) >= 11 is 9.93. The number of thiocarbonyl (C=S) groups is 1. The largest absolute Gasteiger partial charge is 0.326 e. The van der Waals surface area contributed by atoms with E-state index in [2.05, 4.69) is 21.2 Å². The number of benzene rings is 2. The summed E-state index contributed by atoms with van der Waals surface area (Å²) in [5, 5.41) is 2.82. The van der Waals surface area contributed by atoms with Gasteiger partial charge in [-0.2, -0.15) is 0 Å². The summed E-state index contributed by atoms with van der Waals surface area (Å²) in [6.07, 6.45) is 2.00. The van der Waals surface area contributed by atoms with Crippen molar-refractivity contribution < 1.29 is 9.59 Å². The fraction of sp³-hybridized carbons (Fsp3) is 0.105. The number of hydrogen-bond acceptors (Lipinski definition) is 4. The van der Waals surface area contributed by atoms with Crippen molar-refractivity contribution in [3.05, 3.63) is 69.5 Å². The molecule has 1 fully saturated rings. The van der Waals surface area contributed by atoms with Crippen LogP contribution in [0.3, 0.4) is 0 Å². The van der Waals surface area contributed by atoms with Gasteiger partial charge in [-0.25, -0.2) is 0 Å². The molecule has 2 aromatic carbocycles. The number of amides is 2. The molecular formula is C19H15BrN2O2S2. The van der Waals surface area contributed by atoms with Crippen LogP contribution in [0.4, 0.5) is 5.69 Å². The van der Waals surface area contributed by atoms with Crippen molar-refractivity contribution in [1.29, 1.82) is 0 Å². The first-order valence-electron chi connectivity index (χ1n) is 7.89. The predicted molar refractivity (Wildman–Crippen MR) is 114 cm³/mol. The second-order valence-corrected chi connectivity index (χ2v) is 8.14. The first-order valence-corrected chi connectivity index (χ1v) is 9.90. The number of hydrogen-bond donors (Lipinski definition) is 1. The lowest BCUT2D eigenvalue weighted by Crippen LogP contribution is -2.31. The Morgan fingerprint density at radius 1 is 1.19 bits per heavy atom. The smallest absolute Gasteiger partial charge is 0.266 e. The molecule has 2 aromatic rings. The lowest BCUT2D eigenvalue weighted by Gasteiger charge is -2.14. The number of anilines is 1. The van der Waals surface area contributed by atoms with Crippen molar-refractivity contribution >= 4 is 67.8 Å². The average molecular weight is 447 g/mol. The summed E-state index contributed by atoms with van der Waals surface area (Å²) in [5.74, 6) is -0.316. The maximum absolute atomic E-state index is 12.5. The topological polar surface area (TPSA) is 49.4 Å². The summed E-state index contributed by atoms with van der Waals surface area (Å²) in [7, 11) is 0. The van der Waals surface area contributed by atoms with Crippen LogP contribution >= 0.6 is 39.9 Å². The number of nitrogens with zero attached hydrogens (tertiary/aromatic N) is 1. The van der Waals surface area contributed by atoms with E-state index < -0.39 is 0 Å². The van der Waals surface area contributed by atoms with Gasteiger partial charge in [0.2, 0.25) is 5.91 Å². The van der Waals surface area contributed by atoms with E-state index in [1.54, 1.807) is 0 Å². The van der Waals surface area contributed by atoms with Crippen molar-refractivity contribution in [1.82, 2.24) is 4.90 Å². The Kier molecular flexibility index (Phi) is 6.24. The fourth-order valence-electron chi connectivity index (χ4n) is 2.40. The van der Waals surface area contributed by atoms with E-state index in [1.807, 2.05) is 60.7 Å². The zero-order valence-corrected chi connectivity index (χ0v) is 16.9. The zero-order chi connectivity index (χ0) is 18.5. The molecule has 0 radical (unpaired) electrons. The minimum absolute atomic E-state index is 0.154. The highest BCUT2D eigenvalue weighted by molar-refractivity contribution is 9.10. The van der Waals surface area contributed by atoms with Gasteiger partial charge < -0.3 is 5.32 Å². The standard InChI is InChI=1S/C19H15BrN2O2S2/c20-14-7-4-8-15(12-14)21-17(23)9-10-22-18(24)16(26-19(22)25)11-13-5-2-1-3-6-13/h1-8,11-12H,9-10H2,(H,21,23)/b16-11-. The highest BCUT2D eigenvalue weighted by atomic mass is 79.9. The van der Waals surface area contributed by atoms with Gasteiger partial charge in [0.25, 0.3) is 5.91 Å². The van der Waals surface area contributed by atoms with Gasteiger partial charge in [0, 0.05) is 23.1 Å². The Bertz CT molecular complexity index is 884.